The number of methoxy groups -OCH3 is 1. The van der Waals surface area contributed by atoms with E-state index in [1.807, 2.05) is 19.1 Å². The van der Waals surface area contributed by atoms with Gasteiger partial charge >= 0.3 is 0 Å². The number of H-pyrrole nitrogens is 1. The van der Waals surface area contributed by atoms with E-state index in [2.05, 4.69) is 61.6 Å². The van der Waals surface area contributed by atoms with Gasteiger partial charge in [-0.05, 0) is 48.9 Å². The van der Waals surface area contributed by atoms with Crippen molar-refractivity contribution in [3.63, 3.8) is 0 Å². The van der Waals surface area contributed by atoms with Crippen LogP contribution in [0.5, 0.6) is 0 Å². The lowest BCUT2D eigenvalue weighted by atomic mass is 10.1. The van der Waals surface area contributed by atoms with Gasteiger partial charge in [-0.25, -0.2) is 9.97 Å². The third-order valence-electron chi connectivity index (χ3n) is 7.10. The lowest BCUT2D eigenvalue weighted by molar-refractivity contribution is 0.0379. The van der Waals surface area contributed by atoms with Crippen LogP contribution in [0.2, 0.25) is 0 Å². The first-order valence-electron chi connectivity index (χ1n) is 13.9. The summed E-state index contributed by atoms with van der Waals surface area (Å²) in [5.41, 5.74) is 3.90. The molecule has 2 aliphatic heterocycles. The second-order valence-corrected chi connectivity index (χ2v) is 12.2. The topological polar surface area (TPSA) is 102 Å². The van der Waals surface area contributed by atoms with E-state index in [0.29, 0.717) is 38.8 Å². The zero-order valence-electron chi connectivity index (χ0n) is 23.5. The molecule has 2 atom stereocenters. The Hall–Kier alpha value is -3.35. The van der Waals surface area contributed by atoms with E-state index >= 15 is 0 Å². The molecule has 11 heteroatoms. The minimum atomic E-state index is -0.202. The highest BCUT2D eigenvalue weighted by Gasteiger charge is 2.28. The normalized spacial score (nSPS) is 16.9. The summed E-state index contributed by atoms with van der Waals surface area (Å²) in [7, 11) is 1.66. The van der Waals surface area contributed by atoms with Crippen LogP contribution in [0.25, 0.3) is 0 Å². The number of nitrogens with one attached hydrogen (secondary N) is 2. The van der Waals surface area contributed by atoms with Crippen molar-refractivity contribution in [2.75, 3.05) is 56.8 Å². The van der Waals surface area contributed by atoms with Gasteiger partial charge in [0, 0.05) is 75.3 Å². The molecule has 2 aromatic carbocycles. The van der Waals surface area contributed by atoms with E-state index in [4.69, 9.17) is 14.2 Å². The maximum atomic E-state index is 11.9. The summed E-state index contributed by atoms with van der Waals surface area (Å²) >= 11 is 3.55. The van der Waals surface area contributed by atoms with E-state index < -0.39 is 0 Å². The molecule has 2 aliphatic rings. The van der Waals surface area contributed by atoms with E-state index in [9.17, 15) is 4.79 Å². The fourth-order valence-corrected chi connectivity index (χ4v) is 7.48. The Balaban J connectivity index is 1.20. The van der Waals surface area contributed by atoms with Crippen LogP contribution in [0.1, 0.15) is 29.2 Å². The van der Waals surface area contributed by atoms with Crippen molar-refractivity contribution < 1.29 is 14.2 Å². The van der Waals surface area contributed by atoms with Gasteiger partial charge in [0.15, 0.2) is 5.82 Å². The molecule has 2 aromatic heterocycles. The Morgan fingerprint density at radius 1 is 1.12 bits per heavy atom. The molecule has 6 rings (SSSR count). The highest BCUT2D eigenvalue weighted by molar-refractivity contribution is 8.05. The Morgan fingerprint density at radius 2 is 2.05 bits per heavy atom. The van der Waals surface area contributed by atoms with Gasteiger partial charge in [-0.2, -0.15) is 0 Å². The van der Waals surface area contributed by atoms with Gasteiger partial charge in [-0.1, -0.05) is 35.7 Å². The second kappa shape index (κ2) is 13.3. The van der Waals surface area contributed by atoms with Crippen LogP contribution in [0.3, 0.4) is 0 Å². The number of fused-ring (bicyclic) bond motifs is 2. The van der Waals surface area contributed by atoms with Crippen molar-refractivity contribution >= 4 is 34.9 Å². The first-order chi connectivity index (χ1) is 20.6. The standard InChI is InChI=1S/C31H33N5O4S2/c1-20-8-10-33-31(34-20)24(19-39-15-14-38-2)35-21-6-7-26-28(16-21)41-27-5-3-4-23(30(27)42-26)25-18-36(12-13-40-25)22-9-11-32-29(37)17-22/h3-11,16-17,24-25,35H,12-15,18-19H2,1-2H3,(H,32,37). The zero-order chi connectivity index (χ0) is 28.9. The Labute approximate surface area is 253 Å². The van der Waals surface area contributed by atoms with Crippen LogP contribution in [0.15, 0.2) is 91.4 Å². The van der Waals surface area contributed by atoms with E-state index in [1.54, 1.807) is 49.1 Å². The third-order valence-corrected chi connectivity index (χ3v) is 9.72. The summed E-state index contributed by atoms with van der Waals surface area (Å²) in [6.07, 6.45) is 3.39. The summed E-state index contributed by atoms with van der Waals surface area (Å²) in [6, 6.07) is 18.2. The van der Waals surface area contributed by atoms with Crippen molar-refractivity contribution in [3.05, 3.63) is 94.4 Å². The molecule has 1 saturated heterocycles. The molecule has 0 saturated carbocycles. The minimum Gasteiger partial charge on any atom is -0.382 e. The molecule has 42 heavy (non-hydrogen) atoms. The number of benzene rings is 2. The van der Waals surface area contributed by atoms with E-state index in [1.165, 1.54) is 25.1 Å². The predicted octanol–water partition coefficient (Wildman–Crippen LogP) is 5.48. The number of ether oxygens (including phenoxy) is 3. The molecule has 4 heterocycles. The van der Waals surface area contributed by atoms with Gasteiger partial charge in [0.2, 0.25) is 5.56 Å². The molecule has 0 radical (unpaired) electrons. The monoisotopic (exact) mass is 603 g/mol. The molecule has 1 fully saturated rings. The first-order valence-corrected chi connectivity index (χ1v) is 15.5. The SMILES string of the molecule is COCCOCC(Nc1ccc2c(c1)Sc1cccc(C3CN(c4cc[nH]c(=O)c4)CCO3)c1S2)c1nccc(C)n1. The lowest BCUT2D eigenvalue weighted by Gasteiger charge is -2.36. The van der Waals surface area contributed by atoms with E-state index in [-0.39, 0.29) is 17.7 Å². The predicted molar refractivity (Wildman–Crippen MR) is 165 cm³/mol. The summed E-state index contributed by atoms with van der Waals surface area (Å²) < 4.78 is 17.3. The Bertz CT molecular complexity index is 1600. The average molecular weight is 604 g/mol. The van der Waals surface area contributed by atoms with Crippen LogP contribution < -0.4 is 15.8 Å². The molecule has 0 bridgehead atoms. The summed E-state index contributed by atoms with van der Waals surface area (Å²) in [5.74, 6) is 0.698. The summed E-state index contributed by atoms with van der Waals surface area (Å²) in [6.45, 7) is 5.47. The number of anilines is 2. The van der Waals surface area contributed by atoms with Crippen LogP contribution in [-0.4, -0.2) is 61.6 Å². The number of hydrogen-bond donors (Lipinski definition) is 2. The Morgan fingerprint density at radius 3 is 2.90 bits per heavy atom. The van der Waals surface area contributed by atoms with Crippen LogP contribution in [0.4, 0.5) is 11.4 Å². The number of aromatic nitrogens is 3. The quantitative estimate of drug-likeness (QED) is 0.200. The molecule has 0 aliphatic carbocycles. The number of aryl methyl sites for hydroxylation is 1. The molecule has 9 nitrogen and oxygen atoms in total. The first kappa shape index (κ1) is 28.8. The molecule has 218 valence electrons. The van der Waals surface area contributed by atoms with Gasteiger partial charge in [0.05, 0.1) is 26.4 Å². The van der Waals surface area contributed by atoms with Crippen molar-refractivity contribution in [2.24, 2.45) is 0 Å². The molecule has 2 unspecified atom stereocenters. The number of rotatable bonds is 10. The molecule has 4 aromatic rings. The van der Waals surface area contributed by atoms with Gasteiger partial charge in [-0.3, -0.25) is 4.79 Å². The Kier molecular flexibility index (Phi) is 9.11. The fourth-order valence-electron chi connectivity index (χ4n) is 5.03. The van der Waals surface area contributed by atoms with Crippen molar-refractivity contribution in [3.8, 4) is 0 Å². The van der Waals surface area contributed by atoms with E-state index in [0.717, 1.165) is 23.6 Å². The largest absolute Gasteiger partial charge is 0.382 e. The van der Waals surface area contributed by atoms with Gasteiger partial charge < -0.3 is 29.4 Å². The van der Waals surface area contributed by atoms with Crippen LogP contribution >= 0.6 is 23.5 Å². The molecular formula is C31H33N5O4S2. The smallest absolute Gasteiger partial charge is 0.249 e. The van der Waals surface area contributed by atoms with Gasteiger partial charge in [0.25, 0.3) is 0 Å². The summed E-state index contributed by atoms with van der Waals surface area (Å²) in [5, 5.41) is 3.60. The third kappa shape index (κ3) is 6.66. The maximum Gasteiger partial charge on any atom is 0.249 e. The highest BCUT2D eigenvalue weighted by atomic mass is 32.2. The van der Waals surface area contributed by atoms with Gasteiger partial charge in [0.1, 0.15) is 12.1 Å². The summed E-state index contributed by atoms with van der Waals surface area (Å²) in [4.78, 5) is 30.8. The number of nitrogens with zero attached hydrogens (tertiary/aromatic N) is 3. The number of aromatic amines is 1. The van der Waals surface area contributed by atoms with Crippen LogP contribution in [0, 0.1) is 6.92 Å². The molecular weight excluding hydrogens is 571 g/mol. The number of hydrogen-bond acceptors (Lipinski definition) is 10. The second-order valence-electron chi connectivity index (χ2n) is 10.1. The number of pyridine rings is 1. The minimum absolute atomic E-state index is 0.0863. The van der Waals surface area contributed by atoms with Crippen molar-refractivity contribution in [2.45, 2.75) is 38.7 Å². The fraction of sp³-hybridized carbons (Fsp3) is 0.323. The van der Waals surface area contributed by atoms with Crippen molar-refractivity contribution in [1.82, 2.24) is 15.0 Å². The molecule has 0 amide bonds. The van der Waals surface area contributed by atoms with Gasteiger partial charge in [-0.15, -0.1) is 0 Å². The molecule has 2 N–H and O–H groups in total. The lowest BCUT2D eigenvalue weighted by Crippen LogP contribution is -2.39. The molecule has 0 spiro atoms. The average Bonchev–Trinajstić information content (AvgIpc) is 3.01. The van der Waals surface area contributed by atoms with Crippen molar-refractivity contribution in [1.29, 1.82) is 0 Å². The maximum absolute atomic E-state index is 11.9. The number of morpholine rings is 1. The zero-order valence-corrected chi connectivity index (χ0v) is 25.2. The van der Waals surface area contributed by atoms with Crippen LogP contribution in [-0.2, 0) is 14.2 Å². The highest BCUT2D eigenvalue weighted by Crippen LogP contribution is 2.52.